The van der Waals surface area contributed by atoms with Gasteiger partial charge in [0.2, 0.25) is 0 Å². The second-order valence-electron chi connectivity index (χ2n) is 7.06. The molecule has 1 aromatic heterocycles. The number of nitrogens with one attached hydrogen (secondary N) is 2. The Morgan fingerprint density at radius 3 is 2.59 bits per heavy atom. The molecule has 1 amide bonds. The van der Waals surface area contributed by atoms with Crippen molar-refractivity contribution in [3.63, 3.8) is 0 Å². The lowest BCUT2D eigenvalue weighted by atomic mass is 10.1. The summed E-state index contributed by atoms with van der Waals surface area (Å²) in [5.74, 6) is -0.314. The van der Waals surface area contributed by atoms with Crippen molar-refractivity contribution in [3.05, 3.63) is 70.1 Å². The molecule has 6 nitrogen and oxygen atoms in total. The maximum absolute atomic E-state index is 13.0. The van der Waals surface area contributed by atoms with Crippen molar-refractivity contribution in [3.8, 4) is 0 Å². The molecule has 0 aliphatic carbocycles. The van der Waals surface area contributed by atoms with Crippen LogP contribution in [0.25, 0.3) is 10.8 Å². The predicted octanol–water partition coefficient (Wildman–Crippen LogP) is 3.95. The second-order valence-corrected chi connectivity index (χ2v) is 7.06. The molecule has 152 valence electrons. The van der Waals surface area contributed by atoms with Gasteiger partial charge in [0, 0.05) is 24.2 Å². The van der Waals surface area contributed by atoms with E-state index in [4.69, 9.17) is 0 Å². The van der Waals surface area contributed by atoms with Crippen LogP contribution in [0.2, 0.25) is 0 Å². The fourth-order valence-electron chi connectivity index (χ4n) is 3.28. The van der Waals surface area contributed by atoms with Crippen LogP contribution in [0.3, 0.4) is 0 Å². The molecule has 0 spiro atoms. The van der Waals surface area contributed by atoms with Gasteiger partial charge in [0.1, 0.15) is 0 Å². The number of fused-ring (bicyclic) bond motifs is 1. The van der Waals surface area contributed by atoms with Gasteiger partial charge in [-0.3, -0.25) is 9.59 Å². The van der Waals surface area contributed by atoms with Crippen molar-refractivity contribution in [2.24, 2.45) is 0 Å². The Hall–Kier alpha value is -2.99. The molecule has 0 aliphatic heterocycles. The van der Waals surface area contributed by atoms with E-state index in [-0.39, 0.29) is 17.2 Å². The van der Waals surface area contributed by atoms with E-state index >= 15 is 0 Å². The number of carbonyl (C=O) groups is 1. The summed E-state index contributed by atoms with van der Waals surface area (Å²) in [6, 6.07) is 14.9. The largest absolute Gasteiger partial charge is 0.321 e. The third kappa shape index (κ3) is 5.09. The van der Waals surface area contributed by atoms with Crippen LogP contribution in [0.15, 0.2) is 53.3 Å². The molecule has 0 aliphatic rings. The SMILES string of the molecule is CCCCCn1nc(C(=O)Nc2cccc(CNCC)c2)c2ccccc2c1=O. The molecule has 1 heterocycles. The third-order valence-corrected chi connectivity index (χ3v) is 4.82. The zero-order valence-corrected chi connectivity index (χ0v) is 17.1. The van der Waals surface area contributed by atoms with E-state index in [2.05, 4.69) is 29.6 Å². The minimum Gasteiger partial charge on any atom is -0.321 e. The number of amides is 1. The minimum absolute atomic E-state index is 0.152. The van der Waals surface area contributed by atoms with Gasteiger partial charge in [0.25, 0.3) is 11.5 Å². The quantitative estimate of drug-likeness (QED) is 0.541. The Morgan fingerprint density at radius 1 is 1.03 bits per heavy atom. The van der Waals surface area contributed by atoms with Crippen molar-refractivity contribution in [2.75, 3.05) is 11.9 Å². The summed E-state index contributed by atoms with van der Waals surface area (Å²) < 4.78 is 1.43. The number of hydrogen-bond donors (Lipinski definition) is 2. The van der Waals surface area contributed by atoms with Gasteiger partial charge in [-0.05, 0) is 36.7 Å². The van der Waals surface area contributed by atoms with Crippen molar-refractivity contribution >= 4 is 22.4 Å². The Morgan fingerprint density at radius 2 is 1.83 bits per heavy atom. The highest BCUT2D eigenvalue weighted by atomic mass is 16.2. The fourth-order valence-corrected chi connectivity index (χ4v) is 3.28. The highest BCUT2D eigenvalue weighted by Gasteiger charge is 2.17. The summed E-state index contributed by atoms with van der Waals surface area (Å²) in [5, 5.41) is 11.7. The lowest BCUT2D eigenvalue weighted by Crippen LogP contribution is -2.27. The predicted molar refractivity (Wildman–Crippen MR) is 117 cm³/mol. The zero-order chi connectivity index (χ0) is 20.6. The number of carbonyl (C=O) groups excluding carboxylic acids is 1. The summed E-state index contributed by atoms with van der Waals surface area (Å²) in [7, 11) is 0. The molecule has 29 heavy (non-hydrogen) atoms. The number of benzene rings is 2. The maximum atomic E-state index is 13.0. The highest BCUT2D eigenvalue weighted by Crippen LogP contribution is 2.17. The number of anilines is 1. The Kier molecular flexibility index (Phi) is 7.14. The van der Waals surface area contributed by atoms with Gasteiger partial charge in [0.15, 0.2) is 5.69 Å². The van der Waals surface area contributed by atoms with Gasteiger partial charge in [-0.15, -0.1) is 0 Å². The molecule has 0 unspecified atom stereocenters. The van der Waals surface area contributed by atoms with E-state index in [1.807, 2.05) is 36.4 Å². The van der Waals surface area contributed by atoms with Gasteiger partial charge in [-0.25, -0.2) is 4.68 Å². The fraction of sp³-hybridized carbons (Fsp3) is 0.348. The average Bonchev–Trinajstić information content (AvgIpc) is 2.74. The van der Waals surface area contributed by atoms with E-state index in [0.717, 1.165) is 37.9 Å². The first-order chi connectivity index (χ1) is 14.1. The van der Waals surface area contributed by atoms with Crippen molar-refractivity contribution in [1.29, 1.82) is 0 Å². The normalized spacial score (nSPS) is 11.0. The molecule has 6 heteroatoms. The van der Waals surface area contributed by atoms with Crippen molar-refractivity contribution in [2.45, 2.75) is 46.2 Å². The molecule has 2 aromatic carbocycles. The van der Waals surface area contributed by atoms with Crippen LogP contribution < -0.4 is 16.2 Å². The number of unbranched alkanes of at least 4 members (excludes halogenated alkanes) is 2. The molecule has 0 atom stereocenters. The van der Waals surface area contributed by atoms with E-state index in [9.17, 15) is 9.59 Å². The van der Waals surface area contributed by atoms with Crippen LogP contribution in [0, 0.1) is 0 Å². The lowest BCUT2D eigenvalue weighted by Gasteiger charge is -2.12. The first-order valence-electron chi connectivity index (χ1n) is 10.2. The molecule has 0 bridgehead atoms. The number of aromatic nitrogens is 2. The average molecular weight is 393 g/mol. The van der Waals surface area contributed by atoms with Gasteiger partial charge >= 0.3 is 0 Å². The maximum Gasteiger partial charge on any atom is 0.276 e. The van der Waals surface area contributed by atoms with E-state index in [1.165, 1.54) is 4.68 Å². The third-order valence-electron chi connectivity index (χ3n) is 4.82. The van der Waals surface area contributed by atoms with Crippen LogP contribution in [0.1, 0.15) is 49.2 Å². The molecular formula is C23H28N4O2. The van der Waals surface area contributed by atoms with Crippen LogP contribution in [0.4, 0.5) is 5.69 Å². The molecule has 3 rings (SSSR count). The molecule has 3 aromatic rings. The van der Waals surface area contributed by atoms with Crippen LogP contribution in [-0.4, -0.2) is 22.2 Å². The number of nitrogens with zero attached hydrogens (tertiary/aromatic N) is 2. The summed E-state index contributed by atoms with van der Waals surface area (Å²) in [6.45, 7) is 6.29. The summed E-state index contributed by atoms with van der Waals surface area (Å²) in [6.07, 6.45) is 2.93. The molecular weight excluding hydrogens is 364 g/mol. The Bertz CT molecular complexity index is 1040. The standard InChI is InChI=1S/C23H28N4O2/c1-3-5-8-14-27-23(29)20-13-7-6-12-19(20)21(26-27)22(28)25-18-11-9-10-17(15-18)16-24-4-2/h6-7,9-13,15,24H,3-5,8,14,16H2,1-2H3,(H,25,28). The van der Waals surface area contributed by atoms with Gasteiger partial charge < -0.3 is 10.6 Å². The first kappa shape index (κ1) is 20.7. The van der Waals surface area contributed by atoms with Gasteiger partial charge in [-0.2, -0.15) is 5.10 Å². The summed E-state index contributed by atoms with van der Waals surface area (Å²) in [5.41, 5.74) is 1.92. The number of rotatable bonds is 9. The highest BCUT2D eigenvalue weighted by molar-refractivity contribution is 6.11. The minimum atomic E-state index is -0.314. The summed E-state index contributed by atoms with van der Waals surface area (Å²) in [4.78, 5) is 25.8. The van der Waals surface area contributed by atoms with Crippen LogP contribution >= 0.6 is 0 Å². The lowest BCUT2D eigenvalue weighted by molar-refractivity contribution is 0.102. The molecule has 0 radical (unpaired) electrons. The zero-order valence-electron chi connectivity index (χ0n) is 17.1. The van der Waals surface area contributed by atoms with Crippen molar-refractivity contribution < 1.29 is 4.79 Å². The number of hydrogen-bond acceptors (Lipinski definition) is 4. The number of aryl methyl sites for hydroxylation is 1. The van der Waals surface area contributed by atoms with Gasteiger partial charge in [-0.1, -0.05) is 57.0 Å². The topological polar surface area (TPSA) is 76.0 Å². The molecule has 2 N–H and O–H groups in total. The Labute approximate surface area is 170 Å². The summed E-state index contributed by atoms with van der Waals surface area (Å²) >= 11 is 0. The smallest absolute Gasteiger partial charge is 0.276 e. The van der Waals surface area contributed by atoms with E-state index in [1.54, 1.807) is 12.1 Å². The van der Waals surface area contributed by atoms with E-state index < -0.39 is 0 Å². The van der Waals surface area contributed by atoms with Crippen molar-refractivity contribution in [1.82, 2.24) is 15.1 Å². The molecule has 0 saturated carbocycles. The first-order valence-corrected chi connectivity index (χ1v) is 10.2. The van der Waals surface area contributed by atoms with Crippen LogP contribution in [-0.2, 0) is 13.1 Å². The molecule has 0 saturated heterocycles. The molecule has 0 fully saturated rings. The van der Waals surface area contributed by atoms with Crippen LogP contribution in [0.5, 0.6) is 0 Å². The van der Waals surface area contributed by atoms with Gasteiger partial charge in [0.05, 0.1) is 5.39 Å². The second kappa shape index (κ2) is 9.98. The van der Waals surface area contributed by atoms with E-state index in [0.29, 0.717) is 23.0 Å². The Balaban J connectivity index is 1.92. The monoisotopic (exact) mass is 392 g/mol.